The Hall–Kier alpha value is -2.62. The van der Waals surface area contributed by atoms with Crippen LogP contribution in [0.1, 0.15) is 17.0 Å². The number of aliphatic imine (C=N–C) groups is 1. The summed E-state index contributed by atoms with van der Waals surface area (Å²) in [5.74, 6) is 2.00. The van der Waals surface area contributed by atoms with Gasteiger partial charge in [-0.3, -0.25) is 4.99 Å². The molecule has 1 heterocycles. The van der Waals surface area contributed by atoms with Crippen LogP contribution >= 0.6 is 24.0 Å². The number of nitrogens with zero attached hydrogens (tertiary/aromatic N) is 3. The summed E-state index contributed by atoms with van der Waals surface area (Å²) in [6, 6.07) is 13.1. The molecule has 0 saturated carbocycles. The first-order chi connectivity index (χ1) is 14.1. The lowest BCUT2D eigenvalue weighted by Crippen LogP contribution is -2.37. The molecule has 0 amide bonds. The number of aromatic nitrogens is 2. The maximum absolute atomic E-state index is 14.5. The van der Waals surface area contributed by atoms with E-state index in [9.17, 15) is 4.39 Å². The zero-order valence-corrected chi connectivity index (χ0v) is 19.7. The number of rotatable bonds is 7. The van der Waals surface area contributed by atoms with Gasteiger partial charge in [0.2, 0.25) is 0 Å². The van der Waals surface area contributed by atoms with Gasteiger partial charge in [0, 0.05) is 32.5 Å². The maximum Gasteiger partial charge on any atom is 0.191 e. The van der Waals surface area contributed by atoms with Crippen LogP contribution in [0.15, 0.2) is 59.9 Å². The SMILES string of the molecule is CN=C(NCCc1ccccc1OC)NCc1ccc(-n2ccnc2C)c(F)c1.I. The molecule has 8 heteroatoms. The van der Waals surface area contributed by atoms with E-state index in [4.69, 9.17) is 4.74 Å². The number of methoxy groups -OCH3 is 1. The van der Waals surface area contributed by atoms with Crippen molar-refractivity contribution >= 4 is 29.9 Å². The summed E-state index contributed by atoms with van der Waals surface area (Å²) < 4.78 is 21.6. The number of nitrogens with one attached hydrogen (secondary N) is 2. The summed E-state index contributed by atoms with van der Waals surface area (Å²) in [7, 11) is 3.38. The second-order valence-electron chi connectivity index (χ2n) is 6.54. The number of ether oxygens (including phenoxy) is 1. The number of imidazole rings is 1. The highest BCUT2D eigenvalue weighted by Gasteiger charge is 2.08. The van der Waals surface area contributed by atoms with Crippen molar-refractivity contribution in [3.05, 3.63) is 77.6 Å². The second kappa shape index (κ2) is 11.5. The molecule has 160 valence electrons. The highest BCUT2D eigenvalue weighted by Crippen LogP contribution is 2.18. The molecule has 0 saturated heterocycles. The van der Waals surface area contributed by atoms with Crippen LogP contribution in [0.5, 0.6) is 5.75 Å². The fourth-order valence-corrected chi connectivity index (χ4v) is 3.12. The van der Waals surface area contributed by atoms with Crippen molar-refractivity contribution < 1.29 is 9.13 Å². The lowest BCUT2D eigenvalue weighted by molar-refractivity contribution is 0.409. The molecule has 0 aliphatic carbocycles. The van der Waals surface area contributed by atoms with Crippen LogP contribution in [-0.4, -0.2) is 36.2 Å². The van der Waals surface area contributed by atoms with Crippen LogP contribution in [-0.2, 0) is 13.0 Å². The summed E-state index contributed by atoms with van der Waals surface area (Å²) in [5, 5.41) is 6.49. The number of halogens is 2. The summed E-state index contributed by atoms with van der Waals surface area (Å²) in [6.45, 7) is 3.01. The van der Waals surface area contributed by atoms with Crippen molar-refractivity contribution in [2.75, 3.05) is 20.7 Å². The molecule has 0 fully saturated rings. The highest BCUT2D eigenvalue weighted by atomic mass is 127. The Morgan fingerprint density at radius 1 is 1.20 bits per heavy atom. The predicted molar refractivity (Wildman–Crippen MR) is 129 cm³/mol. The van der Waals surface area contributed by atoms with E-state index in [0.717, 1.165) is 29.1 Å². The van der Waals surface area contributed by atoms with Gasteiger partial charge in [0.05, 0.1) is 12.8 Å². The van der Waals surface area contributed by atoms with Crippen LogP contribution in [0.25, 0.3) is 5.69 Å². The van der Waals surface area contributed by atoms with Crippen molar-refractivity contribution in [1.29, 1.82) is 0 Å². The van der Waals surface area contributed by atoms with E-state index >= 15 is 0 Å². The molecule has 0 atom stereocenters. The fraction of sp³-hybridized carbons (Fsp3) is 0.273. The maximum atomic E-state index is 14.5. The van der Waals surface area contributed by atoms with E-state index in [1.54, 1.807) is 37.2 Å². The van der Waals surface area contributed by atoms with E-state index in [-0.39, 0.29) is 29.8 Å². The Labute approximate surface area is 193 Å². The smallest absolute Gasteiger partial charge is 0.191 e. The van der Waals surface area contributed by atoms with Gasteiger partial charge in [-0.2, -0.15) is 0 Å². The summed E-state index contributed by atoms with van der Waals surface area (Å²) >= 11 is 0. The van der Waals surface area contributed by atoms with Crippen LogP contribution < -0.4 is 15.4 Å². The zero-order valence-electron chi connectivity index (χ0n) is 17.4. The van der Waals surface area contributed by atoms with Crippen molar-refractivity contribution in [3.63, 3.8) is 0 Å². The van der Waals surface area contributed by atoms with E-state index in [2.05, 4.69) is 20.6 Å². The van der Waals surface area contributed by atoms with Gasteiger partial charge in [-0.15, -0.1) is 24.0 Å². The monoisotopic (exact) mass is 523 g/mol. The van der Waals surface area contributed by atoms with Gasteiger partial charge in [-0.1, -0.05) is 24.3 Å². The van der Waals surface area contributed by atoms with Crippen molar-refractivity contribution in [3.8, 4) is 11.4 Å². The molecule has 0 spiro atoms. The Morgan fingerprint density at radius 2 is 2.00 bits per heavy atom. The average molecular weight is 523 g/mol. The quantitative estimate of drug-likeness (QED) is 0.281. The zero-order chi connectivity index (χ0) is 20.6. The fourth-order valence-electron chi connectivity index (χ4n) is 3.12. The number of hydrogen-bond acceptors (Lipinski definition) is 3. The molecule has 0 radical (unpaired) electrons. The third kappa shape index (κ3) is 5.94. The largest absolute Gasteiger partial charge is 0.496 e. The highest BCUT2D eigenvalue weighted by molar-refractivity contribution is 14.0. The van der Waals surface area contributed by atoms with Gasteiger partial charge < -0.3 is 19.9 Å². The summed E-state index contributed by atoms with van der Waals surface area (Å²) in [4.78, 5) is 8.37. The first-order valence-corrected chi connectivity index (χ1v) is 9.47. The first kappa shape index (κ1) is 23.7. The van der Waals surface area contributed by atoms with Crippen LogP contribution in [0.2, 0.25) is 0 Å². The van der Waals surface area contributed by atoms with Crippen LogP contribution in [0.4, 0.5) is 4.39 Å². The molecular weight excluding hydrogens is 496 g/mol. The molecule has 0 bridgehead atoms. The first-order valence-electron chi connectivity index (χ1n) is 9.47. The molecule has 1 aromatic heterocycles. The molecule has 3 aromatic rings. The molecule has 2 N–H and O–H groups in total. The van der Waals surface area contributed by atoms with Crippen LogP contribution in [0, 0.1) is 12.7 Å². The van der Waals surface area contributed by atoms with E-state index in [0.29, 0.717) is 24.7 Å². The van der Waals surface area contributed by atoms with E-state index in [1.165, 1.54) is 6.07 Å². The normalized spacial score (nSPS) is 11.0. The predicted octanol–water partition coefficient (Wildman–Crippen LogP) is 3.85. The van der Waals surface area contributed by atoms with Gasteiger partial charge in [0.25, 0.3) is 0 Å². The van der Waals surface area contributed by atoms with Crippen LogP contribution in [0.3, 0.4) is 0 Å². The molecule has 2 aromatic carbocycles. The number of aryl methyl sites for hydroxylation is 1. The third-order valence-corrected chi connectivity index (χ3v) is 4.66. The Morgan fingerprint density at radius 3 is 2.67 bits per heavy atom. The molecule has 30 heavy (non-hydrogen) atoms. The summed E-state index contributed by atoms with van der Waals surface area (Å²) in [5.41, 5.74) is 2.45. The van der Waals surface area contributed by atoms with Gasteiger partial charge in [0.1, 0.15) is 17.4 Å². The Balaban J connectivity index is 0.00000320. The lowest BCUT2D eigenvalue weighted by Gasteiger charge is -2.14. The Kier molecular flexibility index (Phi) is 9.10. The number of hydrogen-bond donors (Lipinski definition) is 2. The van der Waals surface area contributed by atoms with Crippen molar-refractivity contribution in [2.24, 2.45) is 4.99 Å². The Bertz CT molecular complexity index is 989. The minimum absolute atomic E-state index is 0. The standard InChI is InChI=1S/C22H26FN5O.HI/c1-16-25-12-13-28(16)20-9-8-17(14-19(20)23)15-27-22(24-2)26-11-10-18-6-4-5-7-21(18)29-3;/h4-9,12-14H,10-11,15H2,1-3H3,(H2,24,26,27);1H. The van der Waals surface area contributed by atoms with Gasteiger partial charge >= 0.3 is 0 Å². The molecule has 0 unspecified atom stereocenters. The number of benzene rings is 2. The van der Waals surface area contributed by atoms with Gasteiger partial charge in [-0.05, 0) is 42.7 Å². The second-order valence-corrected chi connectivity index (χ2v) is 6.54. The molecule has 0 aliphatic heterocycles. The van der Waals surface area contributed by atoms with E-state index < -0.39 is 0 Å². The van der Waals surface area contributed by atoms with E-state index in [1.807, 2.05) is 37.3 Å². The minimum Gasteiger partial charge on any atom is -0.496 e. The third-order valence-electron chi connectivity index (χ3n) is 4.66. The van der Waals surface area contributed by atoms with Crippen molar-refractivity contribution in [2.45, 2.75) is 19.9 Å². The topological polar surface area (TPSA) is 63.5 Å². The molecule has 6 nitrogen and oxygen atoms in total. The number of para-hydroxylation sites is 1. The molecule has 0 aliphatic rings. The molecular formula is C22H27FIN5O. The summed E-state index contributed by atoms with van der Waals surface area (Å²) in [6.07, 6.45) is 4.21. The average Bonchev–Trinajstić information content (AvgIpc) is 3.16. The minimum atomic E-state index is -0.287. The molecule has 3 rings (SSSR count). The van der Waals surface area contributed by atoms with Gasteiger partial charge in [-0.25, -0.2) is 9.37 Å². The van der Waals surface area contributed by atoms with Gasteiger partial charge in [0.15, 0.2) is 5.96 Å². The number of guanidine groups is 1. The lowest BCUT2D eigenvalue weighted by atomic mass is 10.1. The van der Waals surface area contributed by atoms with Crippen molar-refractivity contribution in [1.82, 2.24) is 20.2 Å².